The number of fused-ring (bicyclic) bond motifs is 2. The fourth-order valence-corrected chi connectivity index (χ4v) is 13.6. The number of methoxy groups -OCH3 is 1. The summed E-state index contributed by atoms with van der Waals surface area (Å²) in [5.74, 6) is -1.77. The number of nitrogens with two attached hydrogens (primary N) is 2. The van der Waals surface area contributed by atoms with E-state index in [2.05, 4.69) is 38.9 Å². The average molecular weight is 1250 g/mol. The number of aliphatic hydroxyl groups excluding tert-OH is 3. The van der Waals surface area contributed by atoms with Crippen LogP contribution in [-0.4, -0.2) is 167 Å². The Morgan fingerprint density at radius 3 is 2.12 bits per heavy atom. The van der Waals surface area contributed by atoms with Gasteiger partial charge >= 0.3 is 48.7 Å². The molecule has 14 N–H and O–H groups in total. The van der Waals surface area contributed by atoms with Gasteiger partial charge in [-0.15, -0.1) is 0 Å². The van der Waals surface area contributed by atoms with Crippen molar-refractivity contribution in [3.8, 4) is 0 Å². The first-order valence-corrected chi connectivity index (χ1v) is 30.0. The highest BCUT2D eigenvalue weighted by Crippen LogP contribution is 2.68. The van der Waals surface area contributed by atoms with Gasteiger partial charge in [0.25, 0.3) is 17.1 Å². The lowest BCUT2D eigenvalue weighted by molar-refractivity contribution is -0.745. The molecule has 0 bridgehead atoms. The standard InChI is InChI=1S/C40H51N13O26P4/c1-50-17-53(33-25(50)34(58)49-38(42)48-33)35-26(55)19(11-70-40(60)43-10-18-6-4-3-5-7-18)20(74-35)12-72-81(63,64)78-83(67,68)79-82(65,66)73-14-22-29(30(69-2)37(76-22)52-16-46-24-31(41)44-15-45-32(24)52)77-80(61,62)71-13-21-27(56)28(57)36(75-21)51-9-8-23(54)47-39(51)59/h3-9,15-17,19-22,26-30,35-37,55-57H,10-14H2,1-2H3,(H10-,41,42,43,44,45,47,48,49,54,58,59,60,61,62,63,64,65,66,67,68)/p+1/t19-,20-,21-,22-,26-,27-,28-,29-,30-,35-,36-,37-/m1/s1. The van der Waals surface area contributed by atoms with E-state index in [4.69, 9.17) is 53.2 Å². The summed E-state index contributed by atoms with van der Waals surface area (Å²) < 4.78 is 115. The van der Waals surface area contributed by atoms with Crippen LogP contribution in [0.4, 0.5) is 16.6 Å². The number of nitrogens with zero attached hydrogens (tertiary/aromatic N) is 8. The lowest BCUT2D eigenvalue weighted by Crippen LogP contribution is -2.46. The molecule has 8 heterocycles. The smallest absolute Gasteiger partial charge is 0.449 e. The lowest BCUT2D eigenvalue weighted by Gasteiger charge is -2.26. The first-order chi connectivity index (χ1) is 39.1. The van der Waals surface area contributed by atoms with Gasteiger partial charge in [-0.1, -0.05) is 35.3 Å². The number of carbonyl (C=O) groups excluding carboxylic acids is 1. The van der Waals surface area contributed by atoms with Crippen molar-refractivity contribution in [3.63, 3.8) is 0 Å². The molecule has 9 rings (SSSR count). The predicted octanol–water partition coefficient (Wildman–Crippen LogP) is -2.69. The molecule has 0 saturated carbocycles. The molecule has 43 heteroatoms. The predicted molar refractivity (Wildman–Crippen MR) is 270 cm³/mol. The second kappa shape index (κ2) is 24.5. The summed E-state index contributed by atoms with van der Waals surface area (Å²) in [6, 6.07) is 9.57. The molecule has 0 spiro atoms. The molecule has 452 valence electrons. The van der Waals surface area contributed by atoms with E-state index >= 15 is 0 Å². The molecular formula is C40H52N13O26P4+. The molecule has 5 aromatic heterocycles. The van der Waals surface area contributed by atoms with Crippen molar-refractivity contribution in [2.75, 3.05) is 45.0 Å². The number of aromatic nitrogens is 10. The third-order valence-electron chi connectivity index (χ3n) is 12.8. The molecule has 3 aliphatic rings. The van der Waals surface area contributed by atoms with Gasteiger partial charge in [-0.2, -0.15) is 8.62 Å². The van der Waals surface area contributed by atoms with E-state index in [1.54, 1.807) is 30.3 Å². The van der Waals surface area contributed by atoms with Crippen molar-refractivity contribution in [2.24, 2.45) is 13.0 Å². The van der Waals surface area contributed by atoms with Gasteiger partial charge in [0.15, 0.2) is 30.2 Å². The second-order valence-electron chi connectivity index (χ2n) is 18.3. The topological polar surface area (TPSA) is 546 Å². The van der Waals surface area contributed by atoms with Crippen LogP contribution in [0.25, 0.3) is 22.3 Å². The number of anilines is 2. The van der Waals surface area contributed by atoms with Crippen LogP contribution in [0.5, 0.6) is 0 Å². The molecule has 0 aliphatic carbocycles. The van der Waals surface area contributed by atoms with Gasteiger partial charge in [0.2, 0.25) is 11.7 Å². The summed E-state index contributed by atoms with van der Waals surface area (Å²) in [4.78, 5) is 113. The monoisotopic (exact) mass is 1250 g/mol. The number of aryl methyl sites for hydroxylation is 1. The Hall–Kier alpha value is -6.09. The number of carbonyl (C=O) groups is 1. The third kappa shape index (κ3) is 13.9. The SMILES string of the molecule is CO[C@@H]1[C@H](OP(=O)(O)OC[C@H]2O[C@@H](n3ccc(=O)[nH]c3=O)[C@H](O)[C@@H]2O)[C@@H](COP(=O)(O)OP(=O)(O)OP(=O)(O)OC[C@H]2O[C@@H]([n+]3cn(C)c4c(=O)[nH]c(N)nc43)[C@H](O)[C@@H]2COC(=O)NCc2ccccc2)O[C@H]1n1cnc2c(N)ncnc21. The number of phosphoric ester groups is 3. The largest absolute Gasteiger partial charge is 0.490 e. The zero-order valence-corrected chi connectivity index (χ0v) is 46.2. The van der Waals surface area contributed by atoms with Crippen molar-refractivity contribution in [3.05, 3.63) is 98.3 Å². The number of ether oxygens (including phenoxy) is 5. The zero-order chi connectivity index (χ0) is 59.9. The van der Waals surface area contributed by atoms with E-state index < -0.39 is 154 Å². The van der Waals surface area contributed by atoms with Crippen molar-refractivity contribution in [1.82, 2.24) is 48.9 Å². The first-order valence-electron chi connectivity index (χ1n) is 24.0. The fourth-order valence-electron chi connectivity index (χ4n) is 9.07. The molecule has 1 aromatic carbocycles. The number of aliphatic hydroxyl groups is 3. The normalized spacial score (nSPS) is 28.4. The van der Waals surface area contributed by atoms with E-state index in [0.717, 1.165) is 36.6 Å². The molecular weight excluding hydrogens is 1200 g/mol. The molecule has 3 saturated heterocycles. The minimum atomic E-state index is -6.28. The van der Waals surface area contributed by atoms with Crippen LogP contribution >= 0.6 is 31.3 Å². The number of hydrogen-bond acceptors (Lipinski definition) is 28. The van der Waals surface area contributed by atoms with Crippen LogP contribution in [0, 0.1) is 5.92 Å². The number of nitrogen functional groups attached to an aromatic ring is 2. The first kappa shape index (κ1) is 61.5. The Bertz CT molecular complexity index is 3740. The maximum atomic E-state index is 13.7. The van der Waals surface area contributed by atoms with Crippen LogP contribution in [0.1, 0.15) is 24.2 Å². The quantitative estimate of drug-likeness (QED) is 0.0229. The summed E-state index contributed by atoms with van der Waals surface area (Å²) in [6.07, 6.45) is -15.2. The molecule has 4 unspecified atom stereocenters. The van der Waals surface area contributed by atoms with Crippen LogP contribution < -0.4 is 38.2 Å². The number of amides is 1. The highest BCUT2D eigenvalue weighted by atomic mass is 31.3. The molecule has 3 aliphatic heterocycles. The summed E-state index contributed by atoms with van der Waals surface area (Å²) in [6.45, 7) is -4.07. The Labute approximate surface area is 462 Å². The van der Waals surface area contributed by atoms with Crippen LogP contribution in [0.3, 0.4) is 0 Å². The number of hydrogen-bond donors (Lipinski definition) is 12. The summed E-state index contributed by atoms with van der Waals surface area (Å²) in [5, 5.41) is 35.5. The van der Waals surface area contributed by atoms with Gasteiger partial charge < -0.3 is 75.4 Å². The lowest BCUT2D eigenvalue weighted by atomic mass is 9.99. The molecule has 83 heavy (non-hydrogen) atoms. The molecule has 16 atom stereocenters. The number of H-pyrrole nitrogens is 2. The fraction of sp³-hybridized carbons (Fsp3) is 0.475. The van der Waals surface area contributed by atoms with Gasteiger partial charge in [0.05, 0.1) is 45.2 Å². The number of imidazole rings is 2. The van der Waals surface area contributed by atoms with Crippen LogP contribution in [0.15, 0.2) is 76.0 Å². The minimum absolute atomic E-state index is 0.00810. The number of phosphoric acid groups is 4. The number of aromatic amines is 2. The number of nitrogens with one attached hydrogen (secondary N) is 3. The Morgan fingerprint density at radius 2 is 1.43 bits per heavy atom. The van der Waals surface area contributed by atoms with Crippen molar-refractivity contribution < 1.29 is 113 Å². The van der Waals surface area contributed by atoms with Crippen molar-refractivity contribution in [1.29, 1.82) is 0 Å². The molecule has 0 radical (unpaired) electrons. The summed E-state index contributed by atoms with van der Waals surface area (Å²) in [5.41, 5.74) is 9.81. The Kier molecular flexibility index (Phi) is 18.1. The van der Waals surface area contributed by atoms with Crippen LogP contribution in [0.2, 0.25) is 0 Å². The van der Waals surface area contributed by atoms with Gasteiger partial charge in [0, 0.05) is 25.9 Å². The van der Waals surface area contributed by atoms with Gasteiger partial charge in [-0.3, -0.25) is 51.4 Å². The van der Waals surface area contributed by atoms with Crippen LogP contribution in [-0.2, 0) is 82.3 Å². The number of alkyl carbamates (subject to hydrolysis) is 1. The van der Waals surface area contributed by atoms with E-state index in [1.165, 1.54) is 27.1 Å². The van der Waals surface area contributed by atoms with Crippen molar-refractivity contribution >= 4 is 71.5 Å². The van der Waals surface area contributed by atoms with Gasteiger partial charge in [-0.25, -0.2) is 47.4 Å². The number of rotatable bonds is 23. The second-order valence-corrected chi connectivity index (χ2v) is 24.4. The molecule has 3 fully saturated rings. The van der Waals surface area contributed by atoms with E-state index in [9.17, 15) is 72.3 Å². The highest BCUT2D eigenvalue weighted by Gasteiger charge is 2.54. The summed E-state index contributed by atoms with van der Waals surface area (Å²) in [7, 11) is -21.2. The molecule has 1 amide bonds. The maximum Gasteiger partial charge on any atom is 0.490 e. The van der Waals surface area contributed by atoms with E-state index in [-0.39, 0.29) is 40.6 Å². The zero-order valence-electron chi connectivity index (χ0n) is 42.6. The van der Waals surface area contributed by atoms with E-state index in [1.807, 2.05) is 4.98 Å². The maximum absolute atomic E-state index is 13.7. The third-order valence-corrected chi connectivity index (χ3v) is 18.1. The molecule has 6 aromatic rings. The summed E-state index contributed by atoms with van der Waals surface area (Å²) >= 11 is 0. The minimum Gasteiger partial charge on any atom is -0.449 e. The van der Waals surface area contributed by atoms with E-state index in [0.29, 0.717) is 5.56 Å². The Morgan fingerprint density at radius 1 is 0.771 bits per heavy atom. The van der Waals surface area contributed by atoms with Gasteiger partial charge in [-0.05, 0) is 5.56 Å². The highest BCUT2D eigenvalue weighted by molar-refractivity contribution is 7.66. The van der Waals surface area contributed by atoms with Gasteiger partial charge in [0.1, 0.15) is 61.2 Å². The number of benzene rings is 1. The Balaban J connectivity index is 0.872. The average Bonchev–Trinajstić information content (AvgIpc) is 2.53. The molecule has 39 nitrogen and oxygen atoms in total. The van der Waals surface area contributed by atoms with Crippen molar-refractivity contribution in [2.45, 2.75) is 74.1 Å².